The van der Waals surface area contributed by atoms with Crippen LogP contribution < -0.4 is 20.2 Å². The minimum absolute atomic E-state index is 0.0256. The van der Waals surface area contributed by atoms with Crippen LogP contribution in [-0.2, 0) is 9.59 Å². The number of fused-ring (bicyclic) bond motifs is 1. The van der Waals surface area contributed by atoms with Crippen LogP contribution in [0.15, 0.2) is 57.9 Å². The van der Waals surface area contributed by atoms with E-state index >= 15 is 0 Å². The quantitative estimate of drug-likeness (QED) is 0.623. The molecule has 144 valence electrons. The summed E-state index contributed by atoms with van der Waals surface area (Å²) in [6, 6.07) is 11.1. The minimum Gasteiger partial charge on any atom is -0.484 e. The lowest BCUT2D eigenvalue weighted by atomic mass is 10.2. The van der Waals surface area contributed by atoms with Crippen LogP contribution in [0.3, 0.4) is 0 Å². The van der Waals surface area contributed by atoms with E-state index in [-0.39, 0.29) is 29.1 Å². The number of carboxylic acid groups (broad SMARTS) is 1. The molecular formula is C19H14ClNO7. The molecule has 0 aliphatic carbocycles. The molecule has 0 saturated heterocycles. The van der Waals surface area contributed by atoms with Crippen molar-refractivity contribution >= 4 is 34.4 Å². The Labute approximate surface area is 163 Å². The molecule has 0 aliphatic heterocycles. The van der Waals surface area contributed by atoms with E-state index in [1.165, 1.54) is 18.2 Å². The third-order valence-electron chi connectivity index (χ3n) is 3.58. The zero-order valence-electron chi connectivity index (χ0n) is 14.3. The van der Waals surface area contributed by atoms with Crippen LogP contribution in [0, 0.1) is 0 Å². The first-order valence-electron chi connectivity index (χ1n) is 8.03. The van der Waals surface area contributed by atoms with Crippen molar-refractivity contribution in [1.82, 2.24) is 5.32 Å². The second-order valence-electron chi connectivity index (χ2n) is 5.58. The molecule has 8 nitrogen and oxygen atoms in total. The van der Waals surface area contributed by atoms with Crippen LogP contribution in [0.4, 0.5) is 0 Å². The average molecular weight is 404 g/mol. The summed E-state index contributed by atoms with van der Waals surface area (Å²) in [6.07, 6.45) is 1.16. The van der Waals surface area contributed by atoms with Crippen molar-refractivity contribution in [2.24, 2.45) is 0 Å². The van der Waals surface area contributed by atoms with Gasteiger partial charge in [0.25, 0.3) is 5.91 Å². The average Bonchev–Trinajstić information content (AvgIpc) is 2.68. The van der Waals surface area contributed by atoms with Gasteiger partial charge in [-0.25, -0.2) is 0 Å². The number of carbonyl (C=O) groups excluding carboxylic acids is 1. The molecule has 0 radical (unpaired) electrons. The molecule has 1 amide bonds. The van der Waals surface area contributed by atoms with Gasteiger partial charge >= 0.3 is 5.97 Å². The first-order chi connectivity index (χ1) is 13.4. The maximum atomic E-state index is 12.6. The number of benzene rings is 2. The number of para-hydroxylation sites is 1. The summed E-state index contributed by atoms with van der Waals surface area (Å²) < 4.78 is 16.2. The Morgan fingerprint density at radius 3 is 2.68 bits per heavy atom. The number of hydrogen-bond acceptors (Lipinski definition) is 6. The molecule has 2 aromatic carbocycles. The number of carboxylic acids is 1. The summed E-state index contributed by atoms with van der Waals surface area (Å²) in [4.78, 5) is 34.5. The summed E-state index contributed by atoms with van der Waals surface area (Å²) >= 11 is 6.03. The fourth-order valence-electron chi connectivity index (χ4n) is 2.27. The molecule has 1 heterocycles. The van der Waals surface area contributed by atoms with Gasteiger partial charge in [-0.3, -0.25) is 14.4 Å². The molecule has 3 aromatic rings. The first-order valence-corrected chi connectivity index (χ1v) is 8.41. The van der Waals surface area contributed by atoms with Gasteiger partial charge in [0.15, 0.2) is 6.61 Å². The SMILES string of the molecule is O=C(O)CNC(=O)COc1ccc2c(=O)c(Oc3ccccc3Cl)coc2c1. The highest BCUT2D eigenvalue weighted by molar-refractivity contribution is 6.32. The van der Waals surface area contributed by atoms with Gasteiger partial charge in [-0.2, -0.15) is 0 Å². The number of hydrogen-bond donors (Lipinski definition) is 2. The third kappa shape index (κ3) is 4.60. The van der Waals surface area contributed by atoms with E-state index in [1.807, 2.05) is 0 Å². The zero-order valence-corrected chi connectivity index (χ0v) is 15.1. The van der Waals surface area contributed by atoms with Gasteiger partial charge < -0.3 is 24.3 Å². The smallest absolute Gasteiger partial charge is 0.322 e. The lowest BCUT2D eigenvalue weighted by molar-refractivity contribution is -0.138. The van der Waals surface area contributed by atoms with E-state index in [9.17, 15) is 14.4 Å². The zero-order chi connectivity index (χ0) is 20.1. The molecule has 0 bridgehead atoms. The molecule has 0 spiro atoms. The first kappa shape index (κ1) is 19.2. The standard InChI is InChI=1S/C19H14ClNO7/c20-13-3-1-2-4-14(13)28-16-9-27-15-7-11(5-6-12(15)19(16)25)26-10-17(22)21-8-18(23)24/h1-7,9H,8,10H2,(H,21,22)(H,23,24). The molecule has 0 atom stereocenters. The van der Waals surface area contributed by atoms with Gasteiger partial charge in [0.05, 0.1) is 10.4 Å². The lowest BCUT2D eigenvalue weighted by Crippen LogP contribution is -2.33. The van der Waals surface area contributed by atoms with Gasteiger partial charge in [0.2, 0.25) is 11.2 Å². The highest BCUT2D eigenvalue weighted by atomic mass is 35.5. The Morgan fingerprint density at radius 2 is 1.93 bits per heavy atom. The number of nitrogens with one attached hydrogen (secondary N) is 1. The summed E-state index contributed by atoms with van der Waals surface area (Å²) in [6.45, 7) is -0.875. The molecule has 0 fully saturated rings. The van der Waals surface area contributed by atoms with E-state index < -0.39 is 23.9 Å². The molecule has 2 N–H and O–H groups in total. The molecule has 28 heavy (non-hydrogen) atoms. The number of ether oxygens (including phenoxy) is 2. The van der Waals surface area contributed by atoms with Crippen LogP contribution in [0.1, 0.15) is 0 Å². The Kier molecular flexibility index (Phi) is 5.81. The predicted molar refractivity (Wildman–Crippen MR) is 100 cm³/mol. The van der Waals surface area contributed by atoms with Gasteiger partial charge in [-0.15, -0.1) is 0 Å². The minimum atomic E-state index is -1.16. The summed E-state index contributed by atoms with van der Waals surface area (Å²) in [5.41, 5.74) is -0.160. The summed E-state index contributed by atoms with van der Waals surface area (Å²) in [5.74, 6) is -1.17. The fraction of sp³-hybridized carbons (Fsp3) is 0.105. The second-order valence-corrected chi connectivity index (χ2v) is 5.99. The molecular weight excluding hydrogens is 390 g/mol. The van der Waals surface area contributed by atoms with Crippen LogP contribution in [-0.4, -0.2) is 30.1 Å². The van der Waals surface area contributed by atoms with Gasteiger partial charge in [0.1, 0.15) is 29.9 Å². The van der Waals surface area contributed by atoms with Gasteiger partial charge in [-0.1, -0.05) is 23.7 Å². The van der Waals surface area contributed by atoms with E-state index in [4.69, 9.17) is 30.6 Å². The molecule has 9 heteroatoms. The Bertz CT molecular complexity index is 1090. The monoisotopic (exact) mass is 403 g/mol. The van der Waals surface area contributed by atoms with Crippen LogP contribution in [0.5, 0.6) is 17.2 Å². The lowest BCUT2D eigenvalue weighted by Gasteiger charge is -2.09. The number of halogens is 1. The highest BCUT2D eigenvalue weighted by Crippen LogP contribution is 2.28. The Hall–Kier alpha value is -3.52. The maximum Gasteiger partial charge on any atom is 0.322 e. The molecule has 0 unspecified atom stereocenters. The molecule has 0 aliphatic rings. The van der Waals surface area contributed by atoms with Gasteiger partial charge in [-0.05, 0) is 24.3 Å². The number of aliphatic carboxylic acids is 1. The van der Waals surface area contributed by atoms with Crippen molar-refractivity contribution in [1.29, 1.82) is 0 Å². The van der Waals surface area contributed by atoms with E-state index in [0.717, 1.165) is 6.26 Å². The van der Waals surface area contributed by atoms with Crippen LogP contribution in [0.25, 0.3) is 11.0 Å². The Morgan fingerprint density at radius 1 is 1.14 bits per heavy atom. The van der Waals surface area contributed by atoms with Crippen molar-refractivity contribution in [2.75, 3.05) is 13.2 Å². The summed E-state index contributed by atoms with van der Waals surface area (Å²) in [7, 11) is 0. The summed E-state index contributed by atoms with van der Waals surface area (Å²) in [5, 5.41) is 11.3. The number of rotatable bonds is 7. The van der Waals surface area contributed by atoms with Gasteiger partial charge in [0, 0.05) is 6.07 Å². The number of carbonyl (C=O) groups is 2. The predicted octanol–water partition coefficient (Wildman–Crippen LogP) is 2.82. The third-order valence-corrected chi connectivity index (χ3v) is 3.89. The molecule has 1 aromatic heterocycles. The van der Waals surface area contributed by atoms with Crippen molar-refractivity contribution in [2.45, 2.75) is 0 Å². The normalized spacial score (nSPS) is 10.5. The van der Waals surface area contributed by atoms with Crippen molar-refractivity contribution in [3.63, 3.8) is 0 Å². The highest BCUT2D eigenvalue weighted by Gasteiger charge is 2.12. The number of amides is 1. The van der Waals surface area contributed by atoms with E-state index in [0.29, 0.717) is 10.8 Å². The second kappa shape index (κ2) is 8.45. The topological polar surface area (TPSA) is 115 Å². The largest absolute Gasteiger partial charge is 0.484 e. The van der Waals surface area contributed by atoms with Crippen molar-refractivity contribution in [3.8, 4) is 17.2 Å². The molecule has 0 saturated carbocycles. The maximum absolute atomic E-state index is 12.6. The molecule has 3 rings (SSSR count). The van der Waals surface area contributed by atoms with Crippen molar-refractivity contribution in [3.05, 3.63) is 64.0 Å². The van der Waals surface area contributed by atoms with Crippen LogP contribution in [0.2, 0.25) is 5.02 Å². The Balaban J connectivity index is 1.75. The fourth-order valence-corrected chi connectivity index (χ4v) is 2.45. The van der Waals surface area contributed by atoms with Crippen LogP contribution >= 0.6 is 11.6 Å². The van der Waals surface area contributed by atoms with E-state index in [2.05, 4.69) is 5.32 Å². The van der Waals surface area contributed by atoms with E-state index in [1.54, 1.807) is 24.3 Å². The van der Waals surface area contributed by atoms with Crippen molar-refractivity contribution < 1.29 is 28.6 Å².